The Hall–Kier alpha value is -0.120. The zero-order valence-electron chi connectivity index (χ0n) is 9.71. The molecule has 84 valence electrons. The van der Waals surface area contributed by atoms with Crippen molar-refractivity contribution in [1.29, 1.82) is 0 Å². The fourth-order valence-corrected chi connectivity index (χ4v) is 2.28. The van der Waals surface area contributed by atoms with Gasteiger partial charge in [-0.2, -0.15) is 0 Å². The molecule has 3 heteroatoms. The van der Waals surface area contributed by atoms with Crippen molar-refractivity contribution in [3.05, 3.63) is 0 Å². The van der Waals surface area contributed by atoms with E-state index >= 15 is 0 Å². The minimum Gasteiger partial charge on any atom is -0.330 e. The Labute approximate surface area is 88.2 Å². The predicted molar refractivity (Wildman–Crippen MR) is 61.4 cm³/mol. The van der Waals surface area contributed by atoms with Crippen molar-refractivity contribution in [2.24, 2.45) is 5.73 Å². The SMILES string of the molecule is CCCN1CCCN(C)C(CCN)C1. The van der Waals surface area contributed by atoms with Crippen molar-refractivity contribution < 1.29 is 0 Å². The van der Waals surface area contributed by atoms with Crippen molar-refractivity contribution >= 4 is 0 Å². The summed E-state index contributed by atoms with van der Waals surface area (Å²) in [5, 5.41) is 0. The van der Waals surface area contributed by atoms with Gasteiger partial charge in [0.1, 0.15) is 0 Å². The van der Waals surface area contributed by atoms with Crippen LogP contribution in [0.5, 0.6) is 0 Å². The summed E-state index contributed by atoms with van der Waals surface area (Å²) in [6, 6.07) is 0.675. The van der Waals surface area contributed by atoms with Crippen LogP contribution in [0.4, 0.5) is 0 Å². The second-order valence-electron chi connectivity index (χ2n) is 4.37. The van der Waals surface area contributed by atoms with Gasteiger partial charge in [0.05, 0.1) is 0 Å². The molecule has 1 aliphatic rings. The van der Waals surface area contributed by atoms with Crippen LogP contribution in [-0.4, -0.2) is 55.6 Å². The summed E-state index contributed by atoms with van der Waals surface area (Å²) >= 11 is 0. The van der Waals surface area contributed by atoms with Crippen LogP contribution in [0.3, 0.4) is 0 Å². The maximum absolute atomic E-state index is 5.65. The molecule has 3 nitrogen and oxygen atoms in total. The minimum absolute atomic E-state index is 0.675. The zero-order chi connectivity index (χ0) is 10.4. The maximum atomic E-state index is 5.65. The van der Waals surface area contributed by atoms with Crippen LogP contribution >= 0.6 is 0 Å². The summed E-state index contributed by atoms with van der Waals surface area (Å²) in [6.45, 7) is 8.02. The second-order valence-corrected chi connectivity index (χ2v) is 4.37. The quantitative estimate of drug-likeness (QED) is 0.725. The predicted octanol–water partition coefficient (Wildman–Crippen LogP) is 0.751. The summed E-state index contributed by atoms with van der Waals surface area (Å²) < 4.78 is 0. The third-order valence-corrected chi connectivity index (χ3v) is 3.12. The third-order valence-electron chi connectivity index (χ3n) is 3.12. The van der Waals surface area contributed by atoms with Gasteiger partial charge in [-0.05, 0) is 52.5 Å². The molecule has 1 atom stereocenters. The van der Waals surface area contributed by atoms with Crippen LogP contribution < -0.4 is 5.73 Å². The number of hydrogen-bond acceptors (Lipinski definition) is 3. The van der Waals surface area contributed by atoms with E-state index in [0.29, 0.717) is 6.04 Å². The van der Waals surface area contributed by atoms with E-state index in [-0.39, 0.29) is 0 Å². The molecule has 1 unspecified atom stereocenters. The van der Waals surface area contributed by atoms with E-state index in [1.165, 1.54) is 39.0 Å². The normalized spacial score (nSPS) is 26.4. The first-order chi connectivity index (χ1) is 6.77. The van der Waals surface area contributed by atoms with E-state index in [1.54, 1.807) is 0 Å². The van der Waals surface area contributed by atoms with E-state index in [1.807, 2.05) is 0 Å². The zero-order valence-corrected chi connectivity index (χ0v) is 9.71. The fourth-order valence-electron chi connectivity index (χ4n) is 2.28. The molecule has 0 bridgehead atoms. The molecule has 0 aromatic rings. The van der Waals surface area contributed by atoms with Gasteiger partial charge >= 0.3 is 0 Å². The Bertz CT molecular complexity index is 149. The molecular weight excluding hydrogens is 174 g/mol. The maximum Gasteiger partial charge on any atom is 0.0232 e. The Morgan fingerprint density at radius 2 is 2.14 bits per heavy atom. The first kappa shape index (κ1) is 12.0. The van der Waals surface area contributed by atoms with Gasteiger partial charge < -0.3 is 15.5 Å². The summed E-state index contributed by atoms with van der Waals surface area (Å²) in [4.78, 5) is 5.06. The van der Waals surface area contributed by atoms with E-state index in [0.717, 1.165) is 13.0 Å². The number of nitrogens with zero attached hydrogens (tertiary/aromatic N) is 2. The van der Waals surface area contributed by atoms with Gasteiger partial charge in [0.2, 0.25) is 0 Å². The van der Waals surface area contributed by atoms with Gasteiger partial charge in [-0.1, -0.05) is 6.92 Å². The first-order valence-electron chi connectivity index (χ1n) is 5.90. The average Bonchev–Trinajstić information content (AvgIpc) is 2.31. The van der Waals surface area contributed by atoms with E-state index < -0.39 is 0 Å². The molecule has 0 aromatic carbocycles. The highest BCUT2D eigenvalue weighted by Crippen LogP contribution is 2.10. The average molecular weight is 199 g/mol. The summed E-state index contributed by atoms with van der Waals surface area (Å²) in [7, 11) is 2.23. The molecule has 1 aliphatic heterocycles. The van der Waals surface area contributed by atoms with Gasteiger partial charge in [-0.15, -0.1) is 0 Å². The Kier molecular flexibility index (Phi) is 5.45. The second kappa shape index (κ2) is 6.38. The van der Waals surface area contributed by atoms with Gasteiger partial charge in [-0.25, -0.2) is 0 Å². The molecule has 1 fully saturated rings. The van der Waals surface area contributed by atoms with Crippen LogP contribution in [-0.2, 0) is 0 Å². The lowest BCUT2D eigenvalue weighted by atomic mass is 10.2. The standard InChI is InChI=1S/C11H25N3/c1-3-7-14-9-4-8-13(2)11(10-14)5-6-12/h11H,3-10,12H2,1-2H3. The van der Waals surface area contributed by atoms with Crippen LogP contribution in [0.25, 0.3) is 0 Å². The van der Waals surface area contributed by atoms with Gasteiger partial charge in [0.15, 0.2) is 0 Å². The van der Waals surface area contributed by atoms with Crippen molar-refractivity contribution in [1.82, 2.24) is 9.80 Å². The Balaban J connectivity index is 2.44. The molecule has 2 N–H and O–H groups in total. The number of likely N-dealkylation sites (N-methyl/N-ethyl adjacent to an activating group) is 1. The van der Waals surface area contributed by atoms with Gasteiger partial charge in [-0.3, -0.25) is 0 Å². The molecular formula is C11H25N3. The molecule has 0 aromatic heterocycles. The molecule has 0 spiro atoms. The Morgan fingerprint density at radius 3 is 2.79 bits per heavy atom. The van der Waals surface area contributed by atoms with Crippen LogP contribution in [0.1, 0.15) is 26.2 Å². The highest BCUT2D eigenvalue weighted by molar-refractivity contribution is 4.77. The molecule has 0 radical (unpaired) electrons. The van der Waals surface area contributed by atoms with Gasteiger partial charge in [0, 0.05) is 12.6 Å². The molecule has 0 amide bonds. The van der Waals surface area contributed by atoms with E-state index in [4.69, 9.17) is 5.73 Å². The molecule has 1 rings (SSSR count). The monoisotopic (exact) mass is 199 g/mol. The van der Waals surface area contributed by atoms with Crippen molar-refractivity contribution in [3.8, 4) is 0 Å². The van der Waals surface area contributed by atoms with E-state index in [2.05, 4.69) is 23.8 Å². The topological polar surface area (TPSA) is 32.5 Å². The lowest BCUT2D eigenvalue weighted by Gasteiger charge is -2.28. The van der Waals surface area contributed by atoms with Crippen LogP contribution in [0, 0.1) is 0 Å². The lowest BCUT2D eigenvalue weighted by Crippen LogP contribution is -2.40. The van der Waals surface area contributed by atoms with Gasteiger partial charge in [0.25, 0.3) is 0 Å². The molecule has 0 aliphatic carbocycles. The number of rotatable bonds is 4. The molecule has 0 saturated carbocycles. The number of nitrogens with two attached hydrogens (primary N) is 1. The van der Waals surface area contributed by atoms with Crippen LogP contribution in [0.2, 0.25) is 0 Å². The summed E-state index contributed by atoms with van der Waals surface area (Å²) in [6.07, 6.45) is 3.70. The summed E-state index contributed by atoms with van der Waals surface area (Å²) in [5.74, 6) is 0. The first-order valence-corrected chi connectivity index (χ1v) is 5.90. The lowest BCUT2D eigenvalue weighted by molar-refractivity contribution is 0.200. The largest absolute Gasteiger partial charge is 0.330 e. The van der Waals surface area contributed by atoms with Crippen LogP contribution in [0.15, 0.2) is 0 Å². The molecule has 14 heavy (non-hydrogen) atoms. The number of hydrogen-bond donors (Lipinski definition) is 1. The summed E-state index contributed by atoms with van der Waals surface area (Å²) in [5.41, 5.74) is 5.65. The van der Waals surface area contributed by atoms with Crippen molar-refractivity contribution in [3.63, 3.8) is 0 Å². The molecule has 1 saturated heterocycles. The highest BCUT2D eigenvalue weighted by Gasteiger charge is 2.20. The fraction of sp³-hybridized carbons (Fsp3) is 1.00. The highest BCUT2D eigenvalue weighted by atomic mass is 15.2. The van der Waals surface area contributed by atoms with E-state index in [9.17, 15) is 0 Å². The van der Waals surface area contributed by atoms with Crippen molar-refractivity contribution in [2.75, 3.05) is 39.8 Å². The smallest absolute Gasteiger partial charge is 0.0232 e. The third kappa shape index (κ3) is 3.56. The molecule has 1 heterocycles. The van der Waals surface area contributed by atoms with Crippen molar-refractivity contribution in [2.45, 2.75) is 32.2 Å². The Morgan fingerprint density at radius 1 is 1.36 bits per heavy atom. The minimum atomic E-state index is 0.675.